The number of nitrogens with zero attached hydrogens (tertiary/aromatic N) is 1. The normalized spacial score (nSPS) is 20.2. The Morgan fingerprint density at radius 3 is 2.36 bits per heavy atom. The molecule has 7 heteroatoms. The van der Waals surface area contributed by atoms with Crippen LogP contribution in [0, 0.1) is 18.8 Å². The summed E-state index contributed by atoms with van der Waals surface area (Å²) in [4.78, 5) is 27.1. The Kier molecular flexibility index (Phi) is 6.21. The summed E-state index contributed by atoms with van der Waals surface area (Å²) < 4.78 is 0. The number of benzene rings is 2. The summed E-state index contributed by atoms with van der Waals surface area (Å²) >= 11 is 0. The van der Waals surface area contributed by atoms with E-state index in [1.54, 1.807) is 6.07 Å². The van der Waals surface area contributed by atoms with E-state index >= 15 is 0 Å². The molecule has 2 aromatic rings. The Morgan fingerprint density at radius 1 is 1.00 bits per heavy atom. The number of carbonyl (C=O) groups is 2. The van der Waals surface area contributed by atoms with Crippen LogP contribution in [0.15, 0.2) is 48.5 Å². The molecule has 3 N–H and O–H groups in total. The predicted octanol–water partition coefficient (Wildman–Crippen LogP) is 3.35. The third kappa shape index (κ3) is 4.29. The Morgan fingerprint density at radius 2 is 1.68 bits per heavy atom. The van der Waals surface area contributed by atoms with Gasteiger partial charge in [0, 0.05) is 43.1 Å². The zero-order valence-corrected chi connectivity index (χ0v) is 16.6. The molecule has 148 valence electrons. The quantitative estimate of drug-likeness (QED) is 0.739. The molecule has 4 rings (SSSR count). The van der Waals surface area contributed by atoms with E-state index < -0.39 is 0 Å². The van der Waals surface area contributed by atoms with Crippen LogP contribution in [0.4, 0.5) is 16.2 Å². The number of carbonyl (C=O) groups excluding carboxylic acids is 2. The fraction of sp³-hybridized carbons (Fsp3) is 0.333. The van der Waals surface area contributed by atoms with E-state index in [4.69, 9.17) is 0 Å². The van der Waals surface area contributed by atoms with Crippen molar-refractivity contribution in [1.29, 1.82) is 0 Å². The van der Waals surface area contributed by atoms with Crippen LogP contribution in [0.5, 0.6) is 0 Å². The summed E-state index contributed by atoms with van der Waals surface area (Å²) in [5.74, 6) is 1.17. The number of amides is 3. The van der Waals surface area contributed by atoms with Crippen molar-refractivity contribution in [3.8, 4) is 0 Å². The zero-order chi connectivity index (χ0) is 18.8. The minimum atomic E-state index is -0.323. The number of aryl methyl sites for hydroxylation is 1. The number of hydrogen-bond acceptors (Lipinski definition) is 3. The number of nitrogens with one attached hydrogen (secondary N) is 3. The molecule has 2 saturated heterocycles. The van der Waals surface area contributed by atoms with E-state index in [2.05, 4.69) is 16.0 Å². The maximum absolute atomic E-state index is 12.9. The van der Waals surface area contributed by atoms with Crippen molar-refractivity contribution in [3.05, 3.63) is 59.7 Å². The van der Waals surface area contributed by atoms with Gasteiger partial charge in [-0.25, -0.2) is 4.79 Å². The molecule has 3 amide bonds. The van der Waals surface area contributed by atoms with Crippen LogP contribution in [-0.4, -0.2) is 43.0 Å². The SMILES string of the molecule is Cc1ccc(C(=O)N2C[C@H]3CNC[C@H]3C2)cc1NC(=O)Nc1ccccc1.Cl. The minimum absolute atomic E-state index is 0. The van der Waals surface area contributed by atoms with Gasteiger partial charge in [0.25, 0.3) is 5.91 Å². The highest BCUT2D eigenvalue weighted by Crippen LogP contribution is 2.28. The van der Waals surface area contributed by atoms with E-state index in [0.717, 1.165) is 37.4 Å². The molecule has 0 aliphatic carbocycles. The summed E-state index contributed by atoms with van der Waals surface area (Å²) in [7, 11) is 0. The van der Waals surface area contributed by atoms with Crippen molar-refractivity contribution >= 4 is 35.7 Å². The smallest absolute Gasteiger partial charge is 0.323 e. The van der Waals surface area contributed by atoms with Crippen molar-refractivity contribution in [2.75, 3.05) is 36.8 Å². The molecule has 2 heterocycles. The number of anilines is 2. The van der Waals surface area contributed by atoms with Gasteiger partial charge in [-0.2, -0.15) is 0 Å². The summed E-state index contributed by atoms with van der Waals surface area (Å²) in [6.07, 6.45) is 0. The highest BCUT2D eigenvalue weighted by atomic mass is 35.5. The topological polar surface area (TPSA) is 73.5 Å². The summed E-state index contributed by atoms with van der Waals surface area (Å²) in [6.45, 7) is 5.52. The standard InChI is InChI=1S/C21H24N4O2.ClH/c1-14-7-8-15(20(26)25-12-16-10-22-11-17(16)13-25)9-19(14)24-21(27)23-18-5-3-2-4-6-18;/h2-9,16-17,22H,10-13H2,1H3,(H2,23,24,27);1H/t16-,17+;. The van der Waals surface area contributed by atoms with Gasteiger partial charge >= 0.3 is 6.03 Å². The first kappa shape index (κ1) is 20.2. The van der Waals surface area contributed by atoms with Gasteiger partial charge in [-0.3, -0.25) is 4.79 Å². The molecule has 0 spiro atoms. The zero-order valence-electron chi connectivity index (χ0n) is 15.8. The Hall–Kier alpha value is -2.57. The van der Waals surface area contributed by atoms with E-state index in [1.807, 2.05) is 54.3 Å². The molecular formula is C21H25ClN4O2. The lowest BCUT2D eigenvalue weighted by molar-refractivity contribution is 0.0781. The van der Waals surface area contributed by atoms with Gasteiger partial charge in [0.1, 0.15) is 0 Å². The van der Waals surface area contributed by atoms with Crippen LogP contribution in [0.2, 0.25) is 0 Å². The Balaban J connectivity index is 0.00000225. The van der Waals surface area contributed by atoms with Gasteiger partial charge in [0.2, 0.25) is 0 Å². The summed E-state index contributed by atoms with van der Waals surface area (Å²) in [5, 5.41) is 9.04. The molecule has 28 heavy (non-hydrogen) atoms. The Labute approximate surface area is 171 Å². The number of urea groups is 1. The van der Waals surface area contributed by atoms with Crippen LogP contribution in [0.3, 0.4) is 0 Å². The average Bonchev–Trinajstić information content (AvgIpc) is 3.26. The van der Waals surface area contributed by atoms with E-state index in [9.17, 15) is 9.59 Å². The maximum atomic E-state index is 12.9. The fourth-order valence-electron chi connectivity index (χ4n) is 3.90. The second-order valence-corrected chi connectivity index (χ2v) is 7.36. The molecule has 0 unspecified atom stereocenters. The van der Waals surface area contributed by atoms with Crippen LogP contribution < -0.4 is 16.0 Å². The number of halogens is 1. The van der Waals surface area contributed by atoms with E-state index in [1.165, 1.54) is 0 Å². The van der Waals surface area contributed by atoms with Gasteiger partial charge in [-0.05, 0) is 48.6 Å². The molecular weight excluding hydrogens is 376 g/mol. The molecule has 6 nitrogen and oxygen atoms in total. The third-order valence-electron chi connectivity index (χ3n) is 5.44. The maximum Gasteiger partial charge on any atom is 0.323 e. The van der Waals surface area contributed by atoms with Gasteiger partial charge in [-0.1, -0.05) is 24.3 Å². The molecule has 0 saturated carbocycles. The molecule has 0 aromatic heterocycles. The molecule has 2 atom stereocenters. The monoisotopic (exact) mass is 400 g/mol. The van der Waals surface area contributed by atoms with E-state index in [-0.39, 0.29) is 24.3 Å². The molecule has 2 aliphatic heterocycles. The number of likely N-dealkylation sites (tertiary alicyclic amines) is 1. The first-order valence-electron chi connectivity index (χ1n) is 9.34. The lowest BCUT2D eigenvalue weighted by Gasteiger charge is -2.18. The van der Waals surface area contributed by atoms with Crippen LogP contribution in [0.25, 0.3) is 0 Å². The van der Waals surface area contributed by atoms with Gasteiger partial charge in [-0.15, -0.1) is 12.4 Å². The third-order valence-corrected chi connectivity index (χ3v) is 5.44. The average molecular weight is 401 g/mol. The first-order valence-corrected chi connectivity index (χ1v) is 9.34. The lowest BCUT2D eigenvalue weighted by Crippen LogP contribution is -2.32. The van der Waals surface area contributed by atoms with E-state index in [0.29, 0.717) is 23.1 Å². The lowest BCUT2D eigenvalue weighted by atomic mass is 10.0. The second-order valence-electron chi connectivity index (χ2n) is 7.36. The van der Waals surface area contributed by atoms with Crippen LogP contribution in [-0.2, 0) is 0 Å². The molecule has 0 bridgehead atoms. The van der Waals surface area contributed by atoms with Crippen molar-refractivity contribution in [2.24, 2.45) is 11.8 Å². The van der Waals surface area contributed by atoms with Gasteiger partial charge in [0.05, 0.1) is 0 Å². The predicted molar refractivity (Wildman–Crippen MR) is 113 cm³/mol. The number of hydrogen-bond donors (Lipinski definition) is 3. The van der Waals surface area contributed by atoms with Gasteiger partial charge < -0.3 is 20.9 Å². The van der Waals surface area contributed by atoms with Crippen molar-refractivity contribution in [3.63, 3.8) is 0 Å². The van der Waals surface area contributed by atoms with Crippen LogP contribution in [0.1, 0.15) is 15.9 Å². The number of rotatable bonds is 3. The van der Waals surface area contributed by atoms with Crippen molar-refractivity contribution in [1.82, 2.24) is 10.2 Å². The van der Waals surface area contributed by atoms with Crippen molar-refractivity contribution < 1.29 is 9.59 Å². The largest absolute Gasteiger partial charge is 0.338 e. The summed E-state index contributed by atoms with van der Waals surface area (Å²) in [6, 6.07) is 14.4. The highest BCUT2D eigenvalue weighted by Gasteiger charge is 2.38. The number of fused-ring (bicyclic) bond motifs is 1. The first-order chi connectivity index (χ1) is 13.1. The Bertz CT molecular complexity index is 847. The van der Waals surface area contributed by atoms with Gasteiger partial charge in [0.15, 0.2) is 0 Å². The molecule has 2 aromatic carbocycles. The minimum Gasteiger partial charge on any atom is -0.338 e. The fourth-order valence-corrected chi connectivity index (χ4v) is 3.90. The number of para-hydroxylation sites is 1. The van der Waals surface area contributed by atoms with Crippen LogP contribution >= 0.6 is 12.4 Å². The molecule has 0 radical (unpaired) electrons. The summed E-state index contributed by atoms with van der Waals surface area (Å²) in [5.41, 5.74) is 2.90. The highest BCUT2D eigenvalue weighted by molar-refractivity contribution is 6.02. The molecule has 2 aliphatic rings. The second kappa shape index (κ2) is 8.63. The van der Waals surface area contributed by atoms with Crippen molar-refractivity contribution in [2.45, 2.75) is 6.92 Å². The molecule has 2 fully saturated rings.